The molecule has 0 saturated heterocycles. The largest absolute Gasteiger partial charge is 0.285 e. The van der Waals surface area contributed by atoms with Gasteiger partial charge in [0.2, 0.25) is 0 Å². The predicted molar refractivity (Wildman–Crippen MR) is 81.0 cm³/mol. The fourth-order valence-electron chi connectivity index (χ4n) is 1.65. The topological polar surface area (TPSA) is 53.5 Å². The van der Waals surface area contributed by atoms with Crippen LogP contribution in [-0.4, -0.2) is 11.7 Å². The van der Waals surface area contributed by atoms with E-state index < -0.39 is 0 Å². The van der Waals surface area contributed by atoms with E-state index in [4.69, 9.17) is 0 Å². The van der Waals surface area contributed by atoms with Crippen molar-refractivity contribution in [2.45, 2.75) is 13.8 Å². The number of benzene rings is 2. The molecule has 0 unspecified atom stereocenters. The minimum Gasteiger partial charge on any atom is -0.285 e. The van der Waals surface area contributed by atoms with Gasteiger partial charge >= 0.3 is 0 Å². The Balaban J connectivity index is 1.93. The number of amidine groups is 1. The first kappa shape index (κ1) is 13.8. The van der Waals surface area contributed by atoms with Crippen LogP contribution in [0, 0.1) is 6.92 Å². The zero-order chi connectivity index (χ0) is 14.4. The van der Waals surface area contributed by atoms with Gasteiger partial charge in [-0.1, -0.05) is 35.9 Å². The molecule has 20 heavy (non-hydrogen) atoms. The van der Waals surface area contributed by atoms with Crippen LogP contribution in [0.15, 0.2) is 59.6 Å². The molecule has 0 heterocycles. The highest BCUT2D eigenvalue weighted by atomic mass is 16.2. The summed E-state index contributed by atoms with van der Waals surface area (Å²) in [6, 6.07) is 16.9. The van der Waals surface area contributed by atoms with Gasteiger partial charge in [0.25, 0.3) is 5.91 Å². The highest BCUT2D eigenvalue weighted by molar-refractivity contribution is 5.95. The van der Waals surface area contributed by atoms with Crippen LogP contribution in [0.2, 0.25) is 0 Å². The maximum atomic E-state index is 11.8. The molecule has 4 heteroatoms. The van der Waals surface area contributed by atoms with E-state index in [0.717, 1.165) is 5.69 Å². The third-order valence-electron chi connectivity index (χ3n) is 2.72. The van der Waals surface area contributed by atoms with Gasteiger partial charge in [-0.25, -0.2) is 4.99 Å². The molecule has 0 spiro atoms. The molecule has 2 aromatic carbocycles. The predicted octanol–water partition coefficient (Wildman–Crippen LogP) is 2.98. The van der Waals surface area contributed by atoms with Crippen LogP contribution >= 0.6 is 0 Å². The number of nitrogens with one attached hydrogen (secondary N) is 2. The lowest BCUT2D eigenvalue weighted by molar-refractivity contribution is 0.0943. The van der Waals surface area contributed by atoms with Crippen LogP contribution < -0.4 is 10.9 Å². The Labute approximate surface area is 118 Å². The van der Waals surface area contributed by atoms with E-state index in [2.05, 4.69) is 15.8 Å². The van der Waals surface area contributed by atoms with Crippen molar-refractivity contribution in [1.82, 2.24) is 10.9 Å². The summed E-state index contributed by atoms with van der Waals surface area (Å²) in [5, 5.41) is 0. The van der Waals surface area contributed by atoms with Gasteiger partial charge in [0, 0.05) is 5.56 Å². The van der Waals surface area contributed by atoms with E-state index in [1.807, 2.05) is 49.4 Å². The van der Waals surface area contributed by atoms with Crippen LogP contribution in [0.1, 0.15) is 22.8 Å². The lowest BCUT2D eigenvalue weighted by Gasteiger charge is -2.08. The molecule has 0 fully saturated rings. The monoisotopic (exact) mass is 267 g/mol. The molecule has 0 atom stereocenters. The second kappa shape index (κ2) is 6.52. The molecule has 2 aromatic rings. The number of hydrazine groups is 1. The fraction of sp³-hybridized carbons (Fsp3) is 0.125. The fourth-order valence-corrected chi connectivity index (χ4v) is 1.65. The molecule has 0 bridgehead atoms. The summed E-state index contributed by atoms with van der Waals surface area (Å²) in [6.07, 6.45) is 0. The minimum absolute atomic E-state index is 0.191. The SMILES string of the molecule is CC(=Nc1ccc(C)cc1)NNC(=O)c1ccccc1. The summed E-state index contributed by atoms with van der Waals surface area (Å²) >= 11 is 0. The summed E-state index contributed by atoms with van der Waals surface area (Å²) in [5.41, 5.74) is 8.03. The first-order valence-corrected chi connectivity index (χ1v) is 6.38. The third-order valence-corrected chi connectivity index (χ3v) is 2.72. The number of rotatable bonds is 2. The molecule has 0 aliphatic carbocycles. The Bertz CT molecular complexity index is 603. The Morgan fingerprint density at radius 1 is 0.950 bits per heavy atom. The molecule has 0 saturated carbocycles. The van der Waals surface area contributed by atoms with Crippen LogP contribution in [-0.2, 0) is 0 Å². The molecule has 0 radical (unpaired) electrons. The van der Waals surface area contributed by atoms with E-state index >= 15 is 0 Å². The smallest absolute Gasteiger partial charge is 0.269 e. The van der Waals surface area contributed by atoms with Gasteiger partial charge in [0.1, 0.15) is 5.84 Å². The molecular weight excluding hydrogens is 250 g/mol. The third kappa shape index (κ3) is 3.95. The Morgan fingerprint density at radius 3 is 2.25 bits per heavy atom. The normalized spacial score (nSPS) is 11.0. The lowest BCUT2D eigenvalue weighted by Crippen LogP contribution is -2.40. The number of aryl methyl sites for hydroxylation is 1. The molecule has 102 valence electrons. The number of carbonyl (C=O) groups is 1. The quantitative estimate of drug-likeness (QED) is 0.499. The van der Waals surface area contributed by atoms with Crippen LogP contribution in [0.25, 0.3) is 0 Å². The summed E-state index contributed by atoms with van der Waals surface area (Å²) < 4.78 is 0. The van der Waals surface area contributed by atoms with E-state index in [-0.39, 0.29) is 5.91 Å². The van der Waals surface area contributed by atoms with E-state index in [1.165, 1.54) is 5.56 Å². The summed E-state index contributed by atoms with van der Waals surface area (Å²) in [7, 11) is 0. The first-order chi connectivity index (χ1) is 9.65. The van der Waals surface area contributed by atoms with Crippen LogP contribution in [0.5, 0.6) is 0 Å². The van der Waals surface area contributed by atoms with Gasteiger partial charge in [-0.2, -0.15) is 0 Å². The van der Waals surface area contributed by atoms with Gasteiger partial charge in [0.05, 0.1) is 5.69 Å². The molecular formula is C16H17N3O. The standard InChI is InChI=1S/C16H17N3O/c1-12-8-10-15(11-9-12)17-13(2)18-19-16(20)14-6-4-3-5-7-14/h3-11H,1-2H3,(H,17,18)(H,19,20). The maximum Gasteiger partial charge on any atom is 0.269 e. The van der Waals surface area contributed by atoms with Crippen molar-refractivity contribution in [3.05, 3.63) is 65.7 Å². The lowest BCUT2D eigenvalue weighted by atomic mass is 10.2. The van der Waals surface area contributed by atoms with Crippen molar-refractivity contribution in [3.63, 3.8) is 0 Å². The molecule has 0 aliphatic rings. The maximum absolute atomic E-state index is 11.8. The average molecular weight is 267 g/mol. The Kier molecular flexibility index (Phi) is 4.50. The van der Waals surface area contributed by atoms with Crippen molar-refractivity contribution in [1.29, 1.82) is 0 Å². The van der Waals surface area contributed by atoms with Crippen molar-refractivity contribution in [2.75, 3.05) is 0 Å². The number of nitrogens with zero attached hydrogens (tertiary/aromatic N) is 1. The highest BCUT2D eigenvalue weighted by Crippen LogP contribution is 2.12. The summed E-state index contributed by atoms with van der Waals surface area (Å²) in [6.45, 7) is 3.82. The highest BCUT2D eigenvalue weighted by Gasteiger charge is 2.03. The summed E-state index contributed by atoms with van der Waals surface area (Å²) in [5.74, 6) is 0.433. The first-order valence-electron chi connectivity index (χ1n) is 6.38. The second-order valence-electron chi connectivity index (χ2n) is 4.48. The molecule has 0 aromatic heterocycles. The molecule has 2 N–H and O–H groups in total. The number of carbonyl (C=O) groups excluding carboxylic acids is 1. The van der Waals surface area contributed by atoms with Crippen molar-refractivity contribution >= 4 is 17.4 Å². The van der Waals surface area contributed by atoms with E-state index in [9.17, 15) is 4.79 Å². The number of hydrogen-bond acceptors (Lipinski definition) is 2. The van der Waals surface area contributed by atoms with E-state index in [1.54, 1.807) is 19.1 Å². The second-order valence-corrected chi connectivity index (χ2v) is 4.48. The molecule has 0 aliphatic heterocycles. The van der Waals surface area contributed by atoms with Gasteiger partial charge < -0.3 is 0 Å². The van der Waals surface area contributed by atoms with E-state index in [0.29, 0.717) is 11.4 Å². The van der Waals surface area contributed by atoms with Gasteiger partial charge in [-0.05, 0) is 38.1 Å². The van der Waals surface area contributed by atoms with Gasteiger partial charge in [0.15, 0.2) is 0 Å². The summed E-state index contributed by atoms with van der Waals surface area (Å²) in [4.78, 5) is 16.2. The molecule has 2 rings (SSSR count). The van der Waals surface area contributed by atoms with Crippen molar-refractivity contribution < 1.29 is 4.79 Å². The Hall–Kier alpha value is -2.62. The number of aliphatic imine (C=N–C) groups is 1. The van der Waals surface area contributed by atoms with Gasteiger partial charge in [-0.3, -0.25) is 15.6 Å². The van der Waals surface area contributed by atoms with Crippen molar-refractivity contribution in [2.24, 2.45) is 4.99 Å². The Morgan fingerprint density at radius 2 is 1.60 bits per heavy atom. The average Bonchev–Trinajstić information content (AvgIpc) is 2.48. The number of amides is 1. The van der Waals surface area contributed by atoms with Crippen molar-refractivity contribution in [3.8, 4) is 0 Å². The zero-order valence-corrected chi connectivity index (χ0v) is 11.6. The van der Waals surface area contributed by atoms with Crippen LogP contribution in [0.3, 0.4) is 0 Å². The molecule has 1 amide bonds. The van der Waals surface area contributed by atoms with Gasteiger partial charge in [-0.15, -0.1) is 0 Å². The van der Waals surface area contributed by atoms with Crippen LogP contribution in [0.4, 0.5) is 5.69 Å². The number of hydrogen-bond donors (Lipinski definition) is 2. The minimum atomic E-state index is -0.191. The zero-order valence-electron chi connectivity index (χ0n) is 11.6. The molecule has 4 nitrogen and oxygen atoms in total.